The minimum absolute atomic E-state index is 0.272. The standard InChI is InChI=1S/C17H20N4O3/c1-4-8-18-16(22)13-7-9-19-17(21-13)20-11-12-5-6-14(23-2)15(10-12)24-3/h4-7,9-10H,1,8,11H2,2-3H3,(H,18,22)(H,19,20,21). The third-order valence-electron chi connectivity index (χ3n) is 3.19. The van der Waals surface area contributed by atoms with E-state index in [4.69, 9.17) is 9.47 Å². The van der Waals surface area contributed by atoms with Crippen molar-refractivity contribution in [2.75, 3.05) is 26.1 Å². The van der Waals surface area contributed by atoms with Crippen molar-refractivity contribution in [2.24, 2.45) is 0 Å². The molecule has 0 saturated heterocycles. The molecule has 0 aliphatic heterocycles. The fourth-order valence-corrected chi connectivity index (χ4v) is 2.00. The minimum Gasteiger partial charge on any atom is -0.493 e. The van der Waals surface area contributed by atoms with E-state index in [0.717, 1.165) is 5.56 Å². The summed E-state index contributed by atoms with van der Waals surface area (Å²) in [6.07, 6.45) is 3.14. The molecule has 7 heteroatoms. The van der Waals surface area contributed by atoms with Crippen LogP contribution in [0, 0.1) is 0 Å². The van der Waals surface area contributed by atoms with Gasteiger partial charge in [0.15, 0.2) is 11.5 Å². The van der Waals surface area contributed by atoms with Gasteiger partial charge in [0.05, 0.1) is 14.2 Å². The van der Waals surface area contributed by atoms with E-state index in [2.05, 4.69) is 27.2 Å². The minimum atomic E-state index is -0.272. The molecule has 0 fully saturated rings. The molecule has 0 atom stereocenters. The Labute approximate surface area is 140 Å². The van der Waals surface area contributed by atoms with Gasteiger partial charge in [0.25, 0.3) is 5.91 Å². The molecule has 0 radical (unpaired) electrons. The molecule has 2 rings (SSSR count). The molecule has 1 amide bonds. The van der Waals surface area contributed by atoms with Crippen LogP contribution in [-0.2, 0) is 6.54 Å². The number of nitrogens with one attached hydrogen (secondary N) is 2. The van der Waals surface area contributed by atoms with Crippen LogP contribution in [0.4, 0.5) is 5.95 Å². The Hall–Kier alpha value is -3.09. The van der Waals surface area contributed by atoms with Gasteiger partial charge in [-0.1, -0.05) is 12.1 Å². The number of carbonyl (C=O) groups is 1. The van der Waals surface area contributed by atoms with E-state index in [0.29, 0.717) is 36.2 Å². The van der Waals surface area contributed by atoms with Crippen LogP contribution >= 0.6 is 0 Å². The molecular weight excluding hydrogens is 308 g/mol. The Morgan fingerprint density at radius 3 is 2.75 bits per heavy atom. The SMILES string of the molecule is C=CCNC(=O)c1ccnc(NCc2ccc(OC)c(OC)c2)n1. The lowest BCUT2D eigenvalue weighted by Gasteiger charge is -2.10. The summed E-state index contributed by atoms with van der Waals surface area (Å²) in [6.45, 7) is 4.42. The molecule has 0 aliphatic carbocycles. The van der Waals surface area contributed by atoms with Crippen LogP contribution in [0.5, 0.6) is 11.5 Å². The number of carbonyl (C=O) groups excluding carboxylic acids is 1. The monoisotopic (exact) mass is 328 g/mol. The first-order valence-electron chi connectivity index (χ1n) is 7.35. The fourth-order valence-electron chi connectivity index (χ4n) is 2.00. The molecule has 0 unspecified atom stereocenters. The highest BCUT2D eigenvalue weighted by Crippen LogP contribution is 2.27. The Morgan fingerprint density at radius 2 is 2.04 bits per heavy atom. The zero-order valence-corrected chi connectivity index (χ0v) is 13.7. The van der Waals surface area contributed by atoms with E-state index >= 15 is 0 Å². The number of hydrogen-bond acceptors (Lipinski definition) is 6. The lowest BCUT2D eigenvalue weighted by atomic mass is 10.2. The first-order valence-corrected chi connectivity index (χ1v) is 7.35. The topological polar surface area (TPSA) is 85.4 Å². The first kappa shape index (κ1) is 17.3. The van der Waals surface area contributed by atoms with E-state index in [-0.39, 0.29) is 5.91 Å². The average molecular weight is 328 g/mol. The van der Waals surface area contributed by atoms with Crippen LogP contribution in [0.15, 0.2) is 43.1 Å². The molecule has 0 aliphatic rings. The molecule has 0 spiro atoms. The molecule has 2 N–H and O–H groups in total. The highest BCUT2D eigenvalue weighted by Gasteiger charge is 2.08. The van der Waals surface area contributed by atoms with E-state index in [9.17, 15) is 4.79 Å². The van der Waals surface area contributed by atoms with Crippen LogP contribution in [0.3, 0.4) is 0 Å². The van der Waals surface area contributed by atoms with Gasteiger partial charge in [-0.2, -0.15) is 0 Å². The average Bonchev–Trinajstić information content (AvgIpc) is 2.64. The van der Waals surface area contributed by atoms with Crippen molar-refractivity contribution in [3.63, 3.8) is 0 Å². The van der Waals surface area contributed by atoms with Gasteiger partial charge in [0, 0.05) is 19.3 Å². The number of nitrogens with zero attached hydrogens (tertiary/aromatic N) is 2. The van der Waals surface area contributed by atoms with E-state index in [1.54, 1.807) is 26.4 Å². The second-order valence-corrected chi connectivity index (χ2v) is 4.81. The third kappa shape index (κ3) is 4.45. The lowest BCUT2D eigenvalue weighted by Crippen LogP contribution is -2.24. The molecule has 24 heavy (non-hydrogen) atoms. The molecular formula is C17H20N4O3. The van der Waals surface area contributed by atoms with Crippen LogP contribution in [0.1, 0.15) is 16.1 Å². The number of benzene rings is 1. The van der Waals surface area contributed by atoms with Crippen molar-refractivity contribution in [3.8, 4) is 11.5 Å². The molecule has 7 nitrogen and oxygen atoms in total. The molecule has 1 aromatic carbocycles. The van der Waals surface area contributed by atoms with Crippen molar-refractivity contribution in [1.82, 2.24) is 15.3 Å². The Morgan fingerprint density at radius 1 is 1.25 bits per heavy atom. The van der Waals surface area contributed by atoms with Gasteiger partial charge in [0.1, 0.15) is 5.69 Å². The van der Waals surface area contributed by atoms with Gasteiger partial charge in [-0.25, -0.2) is 9.97 Å². The Kier molecular flexibility index (Phi) is 6.13. The summed E-state index contributed by atoms with van der Waals surface area (Å²) in [5.41, 5.74) is 1.26. The second kappa shape index (κ2) is 8.52. The van der Waals surface area contributed by atoms with Crippen molar-refractivity contribution in [1.29, 1.82) is 0 Å². The number of hydrogen-bond donors (Lipinski definition) is 2. The molecule has 126 valence electrons. The number of methoxy groups -OCH3 is 2. The molecule has 0 saturated carbocycles. The zero-order chi connectivity index (χ0) is 17.4. The van der Waals surface area contributed by atoms with Crippen LogP contribution < -0.4 is 20.1 Å². The van der Waals surface area contributed by atoms with Crippen LogP contribution in [-0.4, -0.2) is 36.6 Å². The quantitative estimate of drug-likeness (QED) is 0.721. The van der Waals surface area contributed by atoms with Gasteiger partial charge in [-0.3, -0.25) is 4.79 Å². The summed E-state index contributed by atoms with van der Waals surface area (Å²) in [5, 5.41) is 5.75. The van der Waals surface area contributed by atoms with Crippen molar-refractivity contribution < 1.29 is 14.3 Å². The van der Waals surface area contributed by atoms with E-state index in [1.807, 2.05) is 18.2 Å². The summed E-state index contributed by atoms with van der Waals surface area (Å²) < 4.78 is 10.5. The summed E-state index contributed by atoms with van der Waals surface area (Å²) in [4.78, 5) is 20.2. The smallest absolute Gasteiger partial charge is 0.270 e. The second-order valence-electron chi connectivity index (χ2n) is 4.81. The highest BCUT2D eigenvalue weighted by atomic mass is 16.5. The van der Waals surface area contributed by atoms with Crippen molar-refractivity contribution in [3.05, 3.63) is 54.4 Å². The largest absolute Gasteiger partial charge is 0.493 e. The maximum atomic E-state index is 11.9. The third-order valence-corrected chi connectivity index (χ3v) is 3.19. The Bertz CT molecular complexity index is 719. The first-order chi connectivity index (χ1) is 11.7. The van der Waals surface area contributed by atoms with Crippen molar-refractivity contribution in [2.45, 2.75) is 6.54 Å². The summed E-state index contributed by atoms with van der Waals surface area (Å²) >= 11 is 0. The van der Waals surface area contributed by atoms with E-state index in [1.165, 1.54) is 6.20 Å². The summed E-state index contributed by atoms with van der Waals surface area (Å²) in [5.74, 6) is 1.41. The number of amides is 1. The normalized spacial score (nSPS) is 9.92. The number of ether oxygens (including phenoxy) is 2. The maximum absolute atomic E-state index is 11.9. The number of aromatic nitrogens is 2. The van der Waals surface area contributed by atoms with Gasteiger partial charge in [-0.15, -0.1) is 6.58 Å². The molecule has 2 aromatic rings. The number of rotatable bonds is 8. The number of anilines is 1. The van der Waals surface area contributed by atoms with Gasteiger partial charge < -0.3 is 20.1 Å². The van der Waals surface area contributed by atoms with Crippen molar-refractivity contribution >= 4 is 11.9 Å². The lowest BCUT2D eigenvalue weighted by molar-refractivity contribution is 0.0953. The summed E-state index contributed by atoms with van der Waals surface area (Å²) in [7, 11) is 3.18. The molecule has 1 aromatic heterocycles. The zero-order valence-electron chi connectivity index (χ0n) is 13.7. The van der Waals surface area contributed by atoms with Crippen LogP contribution in [0.2, 0.25) is 0 Å². The molecule has 1 heterocycles. The predicted molar refractivity (Wildman–Crippen MR) is 91.4 cm³/mol. The predicted octanol–water partition coefficient (Wildman–Crippen LogP) is 2.02. The fraction of sp³-hybridized carbons (Fsp3) is 0.235. The summed E-state index contributed by atoms with van der Waals surface area (Å²) in [6, 6.07) is 7.16. The molecule has 0 bridgehead atoms. The van der Waals surface area contributed by atoms with E-state index < -0.39 is 0 Å². The van der Waals surface area contributed by atoms with Gasteiger partial charge >= 0.3 is 0 Å². The Balaban J connectivity index is 2.04. The highest BCUT2D eigenvalue weighted by molar-refractivity contribution is 5.92. The van der Waals surface area contributed by atoms with Crippen LogP contribution in [0.25, 0.3) is 0 Å². The maximum Gasteiger partial charge on any atom is 0.270 e. The van der Waals surface area contributed by atoms with Gasteiger partial charge in [-0.05, 0) is 23.8 Å². The van der Waals surface area contributed by atoms with Gasteiger partial charge in [0.2, 0.25) is 5.95 Å².